The molecule has 5 heteroatoms. The van der Waals surface area contributed by atoms with E-state index >= 15 is 0 Å². The molecule has 0 aliphatic carbocycles. The number of carbonyl (C=O) groups is 1. The Balaban J connectivity index is 3.31. The number of methoxy groups -OCH3 is 2. The third-order valence-electron chi connectivity index (χ3n) is 2.13. The molecule has 0 saturated carbocycles. The van der Waals surface area contributed by atoms with Gasteiger partial charge in [-0.3, -0.25) is 0 Å². The van der Waals surface area contributed by atoms with Crippen molar-refractivity contribution in [1.29, 1.82) is 0 Å². The van der Waals surface area contributed by atoms with E-state index in [0.717, 1.165) is 19.6 Å². The van der Waals surface area contributed by atoms with Crippen LogP contribution < -0.4 is 5.32 Å². The fourth-order valence-corrected chi connectivity index (χ4v) is 1.12. The molecule has 17 heavy (non-hydrogen) atoms. The molecule has 0 amide bonds. The number of nitrogens with one attached hydrogen (secondary N) is 1. The maximum absolute atomic E-state index is 11.0. The fourth-order valence-electron chi connectivity index (χ4n) is 1.12. The highest BCUT2D eigenvalue weighted by Gasteiger charge is 2.00. The molecule has 0 saturated heterocycles. The van der Waals surface area contributed by atoms with Crippen molar-refractivity contribution in [3.63, 3.8) is 0 Å². The van der Waals surface area contributed by atoms with E-state index in [9.17, 15) is 4.79 Å². The largest absolute Gasteiger partial charge is 0.466 e. The first-order valence-electron chi connectivity index (χ1n) is 5.74. The summed E-state index contributed by atoms with van der Waals surface area (Å²) in [7, 11) is 3.03. The van der Waals surface area contributed by atoms with Gasteiger partial charge in [0.1, 0.15) is 0 Å². The Morgan fingerprint density at radius 3 is 2.65 bits per heavy atom. The maximum atomic E-state index is 11.0. The molecule has 0 aromatic heterocycles. The van der Waals surface area contributed by atoms with Crippen LogP contribution in [0.25, 0.3) is 0 Å². The van der Waals surface area contributed by atoms with Crippen molar-refractivity contribution >= 4 is 5.97 Å². The van der Waals surface area contributed by atoms with Gasteiger partial charge in [-0.15, -0.1) is 0 Å². The van der Waals surface area contributed by atoms with Crippen molar-refractivity contribution in [2.24, 2.45) is 0 Å². The predicted octanol–water partition coefficient (Wildman–Crippen LogP) is 0.748. The molecule has 0 fully saturated rings. The molecule has 0 aliphatic heterocycles. The van der Waals surface area contributed by atoms with Crippen molar-refractivity contribution < 1.29 is 19.0 Å². The molecule has 0 atom stereocenters. The van der Waals surface area contributed by atoms with Gasteiger partial charge in [-0.1, -0.05) is 6.08 Å². The Labute approximate surface area is 103 Å². The van der Waals surface area contributed by atoms with Crippen LogP contribution in [0, 0.1) is 0 Å². The molecule has 0 rings (SSSR count). The molecule has 0 aliphatic rings. The molecule has 0 bridgehead atoms. The van der Waals surface area contributed by atoms with Crippen molar-refractivity contribution in [3.8, 4) is 0 Å². The van der Waals surface area contributed by atoms with Crippen LogP contribution in [0.15, 0.2) is 11.6 Å². The average Bonchev–Trinajstić information content (AvgIpc) is 2.35. The van der Waals surface area contributed by atoms with Gasteiger partial charge < -0.3 is 19.5 Å². The molecule has 0 spiro atoms. The Kier molecular flexibility index (Phi) is 11.0. The van der Waals surface area contributed by atoms with Crippen LogP contribution in [0.2, 0.25) is 0 Å². The highest BCUT2D eigenvalue weighted by molar-refractivity contribution is 5.87. The molecular formula is C12H23NO4. The van der Waals surface area contributed by atoms with E-state index in [1.165, 1.54) is 7.11 Å². The van der Waals surface area contributed by atoms with Crippen LogP contribution >= 0.6 is 0 Å². The minimum atomic E-state index is -0.283. The number of esters is 1. The molecular weight excluding hydrogens is 222 g/mol. The Hall–Kier alpha value is -0.910. The zero-order valence-corrected chi connectivity index (χ0v) is 11.0. The Bertz CT molecular complexity index is 229. The second-order valence-electron chi connectivity index (χ2n) is 3.54. The third kappa shape index (κ3) is 9.99. The van der Waals surface area contributed by atoms with Gasteiger partial charge in [0.15, 0.2) is 0 Å². The van der Waals surface area contributed by atoms with Crippen LogP contribution in [0.3, 0.4) is 0 Å². The van der Waals surface area contributed by atoms with E-state index in [0.29, 0.717) is 25.3 Å². The number of carbonyl (C=O) groups excluding carboxylic acids is 1. The Morgan fingerprint density at radius 1 is 1.24 bits per heavy atom. The lowest BCUT2D eigenvalue weighted by molar-refractivity contribution is -0.136. The standard InChI is InChI=1S/C12H23NO4/c1-11(12(14)16-3)5-7-13-6-4-8-17-10-9-15-2/h5,13H,4,6-10H2,1-3H3/b11-5-. The predicted molar refractivity (Wildman–Crippen MR) is 66.0 cm³/mol. The van der Waals surface area contributed by atoms with Gasteiger partial charge in [0.05, 0.1) is 20.3 Å². The lowest BCUT2D eigenvalue weighted by atomic mass is 10.3. The highest BCUT2D eigenvalue weighted by atomic mass is 16.5. The SMILES string of the molecule is COCCOCCCNC/C=C(/C)C(=O)OC. The average molecular weight is 245 g/mol. The maximum Gasteiger partial charge on any atom is 0.333 e. The topological polar surface area (TPSA) is 56.8 Å². The minimum Gasteiger partial charge on any atom is -0.466 e. The smallest absolute Gasteiger partial charge is 0.333 e. The summed E-state index contributed by atoms with van der Waals surface area (Å²) in [6.45, 7) is 5.25. The van der Waals surface area contributed by atoms with E-state index < -0.39 is 0 Å². The molecule has 0 radical (unpaired) electrons. The summed E-state index contributed by atoms with van der Waals surface area (Å²) in [4.78, 5) is 11.0. The van der Waals surface area contributed by atoms with Gasteiger partial charge in [-0.05, 0) is 19.9 Å². The van der Waals surface area contributed by atoms with Gasteiger partial charge in [0, 0.05) is 25.8 Å². The molecule has 0 aromatic rings. The second-order valence-corrected chi connectivity index (χ2v) is 3.54. The van der Waals surface area contributed by atoms with E-state index in [4.69, 9.17) is 9.47 Å². The molecule has 0 heterocycles. The summed E-state index contributed by atoms with van der Waals surface area (Å²) < 4.78 is 14.7. The van der Waals surface area contributed by atoms with Gasteiger partial charge in [0.25, 0.3) is 0 Å². The number of rotatable bonds is 10. The lowest BCUT2D eigenvalue weighted by Gasteiger charge is -2.04. The van der Waals surface area contributed by atoms with Crippen molar-refractivity contribution in [2.75, 3.05) is 47.1 Å². The van der Waals surface area contributed by atoms with Crippen molar-refractivity contribution in [1.82, 2.24) is 5.32 Å². The minimum absolute atomic E-state index is 0.283. The summed E-state index contributed by atoms with van der Waals surface area (Å²) in [5.74, 6) is -0.283. The molecule has 100 valence electrons. The molecule has 0 unspecified atom stereocenters. The fraction of sp³-hybridized carbons (Fsp3) is 0.750. The second kappa shape index (κ2) is 11.6. The van der Waals surface area contributed by atoms with E-state index in [2.05, 4.69) is 10.1 Å². The summed E-state index contributed by atoms with van der Waals surface area (Å²) in [5, 5.41) is 3.19. The van der Waals surface area contributed by atoms with Crippen LogP contribution in [0.5, 0.6) is 0 Å². The zero-order chi connectivity index (χ0) is 12.9. The normalized spacial score (nSPS) is 11.6. The molecule has 5 nitrogen and oxygen atoms in total. The number of hydrogen-bond donors (Lipinski definition) is 1. The number of ether oxygens (including phenoxy) is 3. The lowest BCUT2D eigenvalue weighted by Crippen LogP contribution is -2.18. The van der Waals surface area contributed by atoms with Crippen molar-refractivity contribution in [2.45, 2.75) is 13.3 Å². The van der Waals surface area contributed by atoms with Crippen LogP contribution in [-0.2, 0) is 19.0 Å². The molecule has 0 aromatic carbocycles. The van der Waals surface area contributed by atoms with Gasteiger partial charge in [0.2, 0.25) is 0 Å². The first-order chi connectivity index (χ1) is 8.22. The first-order valence-corrected chi connectivity index (χ1v) is 5.74. The van der Waals surface area contributed by atoms with E-state index in [1.807, 2.05) is 6.08 Å². The van der Waals surface area contributed by atoms with E-state index in [-0.39, 0.29) is 5.97 Å². The summed E-state index contributed by atoms with van der Waals surface area (Å²) in [6.07, 6.45) is 2.76. The van der Waals surface area contributed by atoms with Gasteiger partial charge >= 0.3 is 5.97 Å². The van der Waals surface area contributed by atoms with Crippen molar-refractivity contribution in [3.05, 3.63) is 11.6 Å². The Morgan fingerprint density at radius 2 is 2.00 bits per heavy atom. The highest BCUT2D eigenvalue weighted by Crippen LogP contribution is 1.93. The third-order valence-corrected chi connectivity index (χ3v) is 2.13. The number of hydrogen-bond acceptors (Lipinski definition) is 5. The monoisotopic (exact) mass is 245 g/mol. The zero-order valence-electron chi connectivity index (χ0n) is 11.0. The van der Waals surface area contributed by atoms with E-state index in [1.54, 1.807) is 14.0 Å². The first kappa shape index (κ1) is 16.1. The molecule has 1 N–H and O–H groups in total. The van der Waals surface area contributed by atoms with Crippen LogP contribution in [0.1, 0.15) is 13.3 Å². The van der Waals surface area contributed by atoms with Gasteiger partial charge in [-0.2, -0.15) is 0 Å². The van der Waals surface area contributed by atoms with Crippen LogP contribution in [-0.4, -0.2) is 53.1 Å². The van der Waals surface area contributed by atoms with Crippen LogP contribution in [0.4, 0.5) is 0 Å². The quantitative estimate of drug-likeness (QED) is 0.350. The summed E-state index contributed by atoms with van der Waals surface area (Å²) in [5.41, 5.74) is 0.622. The summed E-state index contributed by atoms with van der Waals surface area (Å²) in [6, 6.07) is 0. The summed E-state index contributed by atoms with van der Waals surface area (Å²) >= 11 is 0. The van der Waals surface area contributed by atoms with Gasteiger partial charge in [-0.25, -0.2) is 4.79 Å².